The van der Waals surface area contributed by atoms with Crippen LogP contribution in [0.5, 0.6) is 0 Å². The highest BCUT2D eigenvalue weighted by molar-refractivity contribution is 5.36. The first-order valence-electron chi connectivity index (χ1n) is 4.46. The summed E-state index contributed by atoms with van der Waals surface area (Å²) < 4.78 is 3.58. The molecule has 2 aromatic heterocycles. The van der Waals surface area contributed by atoms with Gasteiger partial charge in [0.15, 0.2) is 5.82 Å². The van der Waals surface area contributed by atoms with Crippen molar-refractivity contribution in [2.45, 2.75) is 13.5 Å². The lowest BCUT2D eigenvalue weighted by Gasteiger charge is -2.03. The normalized spacial score (nSPS) is 10.8. The van der Waals surface area contributed by atoms with Crippen molar-refractivity contribution in [3.05, 3.63) is 29.7 Å². The second kappa shape index (κ2) is 3.26. The molecule has 0 saturated heterocycles. The van der Waals surface area contributed by atoms with E-state index in [1.807, 2.05) is 26.2 Å². The van der Waals surface area contributed by atoms with Crippen LogP contribution < -0.4 is 5.73 Å². The van der Waals surface area contributed by atoms with Crippen molar-refractivity contribution in [3.63, 3.8) is 0 Å². The van der Waals surface area contributed by atoms with Crippen molar-refractivity contribution in [3.8, 4) is 5.82 Å². The summed E-state index contributed by atoms with van der Waals surface area (Å²) in [5.74, 6) is 0.940. The second-order valence-electron chi connectivity index (χ2n) is 3.17. The Kier molecular flexibility index (Phi) is 2.09. The fourth-order valence-electron chi connectivity index (χ4n) is 1.61. The van der Waals surface area contributed by atoms with E-state index in [1.165, 1.54) is 0 Å². The summed E-state index contributed by atoms with van der Waals surface area (Å²) in [6.45, 7) is 2.43. The lowest BCUT2D eigenvalue weighted by atomic mass is 10.2. The summed E-state index contributed by atoms with van der Waals surface area (Å²) in [6, 6.07) is 1.88. The van der Waals surface area contributed by atoms with E-state index in [-0.39, 0.29) is 0 Å². The van der Waals surface area contributed by atoms with Crippen molar-refractivity contribution < 1.29 is 0 Å². The minimum absolute atomic E-state index is 0.481. The second-order valence-corrected chi connectivity index (χ2v) is 3.17. The zero-order valence-electron chi connectivity index (χ0n) is 8.31. The number of hydrogen-bond donors (Lipinski definition) is 1. The molecule has 0 spiro atoms. The van der Waals surface area contributed by atoms with Crippen LogP contribution >= 0.6 is 0 Å². The molecule has 2 N–H and O–H groups in total. The Labute approximate surface area is 82.1 Å². The van der Waals surface area contributed by atoms with Crippen LogP contribution in [0.2, 0.25) is 0 Å². The summed E-state index contributed by atoms with van der Waals surface area (Å²) in [7, 11) is 1.89. The number of nitrogens with zero attached hydrogens (tertiary/aromatic N) is 4. The molecule has 5 nitrogen and oxygen atoms in total. The highest BCUT2D eigenvalue weighted by atomic mass is 15.4. The zero-order chi connectivity index (χ0) is 10.1. The topological polar surface area (TPSA) is 61.7 Å². The van der Waals surface area contributed by atoms with Crippen LogP contribution in [0.3, 0.4) is 0 Å². The molecule has 0 aliphatic rings. The molecule has 14 heavy (non-hydrogen) atoms. The molecule has 2 rings (SSSR count). The van der Waals surface area contributed by atoms with Crippen molar-refractivity contribution in [1.82, 2.24) is 19.6 Å². The Balaban J connectivity index is 2.62. The summed E-state index contributed by atoms with van der Waals surface area (Å²) >= 11 is 0. The van der Waals surface area contributed by atoms with Gasteiger partial charge in [-0.15, -0.1) is 0 Å². The van der Waals surface area contributed by atoms with Gasteiger partial charge in [-0.25, -0.2) is 4.68 Å². The Morgan fingerprint density at radius 2 is 2.29 bits per heavy atom. The van der Waals surface area contributed by atoms with Gasteiger partial charge in [0, 0.05) is 31.5 Å². The van der Waals surface area contributed by atoms with E-state index in [1.54, 1.807) is 15.6 Å². The smallest absolute Gasteiger partial charge is 0.156 e. The Bertz CT molecular complexity index is 426. The van der Waals surface area contributed by atoms with Crippen molar-refractivity contribution >= 4 is 0 Å². The first-order chi connectivity index (χ1) is 6.74. The Hall–Kier alpha value is -1.62. The van der Waals surface area contributed by atoms with Gasteiger partial charge in [-0.1, -0.05) is 0 Å². The molecule has 0 saturated carbocycles. The van der Waals surface area contributed by atoms with Gasteiger partial charge in [0.25, 0.3) is 0 Å². The highest BCUT2D eigenvalue weighted by Gasteiger charge is 2.13. The molecule has 5 heteroatoms. The highest BCUT2D eigenvalue weighted by Crippen LogP contribution is 2.15. The molecule has 2 heterocycles. The molecule has 74 valence electrons. The van der Waals surface area contributed by atoms with Gasteiger partial charge in [0.2, 0.25) is 0 Å². The number of rotatable bonds is 2. The molecule has 0 unspecified atom stereocenters. The van der Waals surface area contributed by atoms with Gasteiger partial charge >= 0.3 is 0 Å². The molecule has 0 aromatic carbocycles. The average molecular weight is 191 g/mol. The first-order valence-corrected chi connectivity index (χ1v) is 4.46. The van der Waals surface area contributed by atoms with Crippen molar-refractivity contribution in [2.75, 3.05) is 0 Å². The number of nitrogens with two attached hydrogens (primary N) is 1. The van der Waals surface area contributed by atoms with E-state index in [0.717, 1.165) is 17.1 Å². The minimum atomic E-state index is 0.481. The maximum atomic E-state index is 5.68. The van der Waals surface area contributed by atoms with Crippen LogP contribution in [-0.2, 0) is 13.6 Å². The van der Waals surface area contributed by atoms with Gasteiger partial charge in [-0.05, 0) is 13.0 Å². The molecular formula is C9H13N5. The molecule has 0 bridgehead atoms. The van der Waals surface area contributed by atoms with Gasteiger partial charge < -0.3 is 5.73 Å². The molecule has 0 amide bonds. The monoisotopic (exact) mass is 191 g/mol. The minimum Gasteiger partial charge on any atom is -0.326 e. The summed E-state index contributed by atoms with van der Waals surface area (Å²) in [4.78, 5) is 0. The predicted octanol–water partition coefficient (Wildman–Crippen LogP) is 0.373. The number of aryl methyl sites for hydroxylation is 2. The van der Waals surface area contributed by atoms with Crippen molar-refractivity contribution in [1.29, 1.82) is 0 Å². The quantitative estimate of drug-likeness (QED) is 0.746. The van der Waals surface area contributed by atoms with E-state index < -0.39 is 0 Å². The van der Waals surface area contributed by atoms with E-state index >= 15 is 0 Å². The van der Waals surface area contributed by atoms with Gasteiger partial charge in [0.05, 0.1) is 5.69 Å². The molecule has 0 atom stereocenters. The fourth-order valence-corrected chi connectivity index (χ4v) is 1.61. The van der Waals surface area contributed by atoms with Crippen LogP contribution in [0.4, 0.5) is 0 Å². The van der Waals surface area contributed by atoms with Gasteiger partial charge in [-0.2, -0.15) is 10.2 Å². The van der Waals surface area contributed by atoms with Gasteiger partial charge in [-0.3, -0.25) is 4.68 Å². The van der Waals surface area contributed by atoms with Crippen LogP contribution in [0.25, 0.3) is 5.82 Å². The molecule has 0 aliphatic carbocycles. The van der Waals surface area contributed by atoms with Crippen molar-refractivity contribution in [2.24, 2.45) is 12.8 Å². The predicted molar refractivity (Wildman–Crippen MR) is 53.0 cm³/mol. The molecular weight excluding hydrogens is 178 g/mol. The fraction of sp³-hybridized carbons (Fsp3) is 0.333. The largest absolute Gasteiger partial charge is 0.326 e. The maximum absolute atomic E-state index is 5.68. The van der Waals surface area contributed by atoms with Crippen LogP contribution in [-0.4, -0.2) is 19.6 Å². The van der Waals surface area contributed by atoms with E-state index in [2.05, 4.69) is 10.2 Å². The third kappa shape index (κ3) is 1.22. The van der Waals surface area contributed by atoms with Crippen LogP contribution in [0, 0.1) is 6.92 Å². The standard InChI is InChI=1S/C9H13N5/c1-7-8(6-10)9(13(2)12-7)14-5-3-4-11-14/h3-5H,6,10H2,1-2H3. The van der Waals surface area contributed by atoms with Crippen LogP contribution in [0.15, 0.2) is 18.5 Å². The average Bonchev–Trinajstić information content (AvgIpc) is 2.72. The van der Waals surface area contributed by atoms with Crippen LogP contribution in [0.1, 0.15) is 11.3 Å². The van der Waals surface area contributed by atoms with E-state index in [4.69, 9.17) is 5.73 Å². The summed E-state index contributed by atoms with van der Waals surface area (Å²) in [5, 5.41) is 8.48. The number of hydrogen-bond acceptors (Lipinski definition) is 3. The van der Waals surface area contributed by atoms with E-state index in [0.29, 0.717) is 6.54 Å². The lowest BCUT2D eigenvalue weighted by Crippen LogP contribution is -2.08. The summed E-state index contributed by atoms with van der Waals surface area (Å²) in [6.07, 6.45) is 3.62. The lowest BCUT2D eigenvalue weighted by molar-refractivity contribution is 0.691. The molecule has 0 aliphatic heterocycles. The molecule has 0 radical (unpaired) electrons. The Morgan fingerprint density at radius 3 is 2.86 bits per heavy atom. The molecule has 0 fully saturated rings. The first kappa shape index (κ1) is 8.96. The third-order valence-corrected chi connectivity index (χ3v) is 2.24. The maximum Gasteiger partial charge on any atom is 0.156 e. The van der Waals surface area contributed by atoms with Gasteiger partial charge in [0.1, 0.15) is 0 Å². The summed E-state index contributed by atoms with van der Waals surface area (Å²) in [5.41, 5.74) is 7.67. The zero-order valence-corrected chi connectivity index (χ0v) is 8.31. The SMILES string of the molecule is Cc1nn(C)c(-n2cccn2)c1CN. The van der Waals surface area contributed by atoms with E-state index in [9.17, 15) is 0 Å². The number of aromatic nitrogens is 4. The third-order valence-electron chi connectivity index (χ3n) is 2.24. The molecule has 2 aromatic rings. The Morgan fingerprint density at radius 1 is 1.50 bits per heavy atom.